The van der Waals surface area contributed by atoms with Crippen LogP contribution in [-0.2, 0) is 9.53 Å². The number of carbonyl (C=O) groups excluding carboxylic acids is 1. The quantitative estimate of drug-likeness (QED) is 0.504. The molecule has 0 aromatic rings. The van der Waals surface area contributed by atoms with Crippen molar-refractivity contribution in [2.24, 2.45) is 5.92 Å². The van der Waals surface area contributed by atoms with Gasteiger partial charge < -0.3 is 20.5 Å². The van der Waals surface area contributed by atoms with Crippen LogP contribution in [0.3, 0.4) is 0 Å². The molecule has 0 saturated heterocycles. The van der Waals surface area contributed by atoms with Gasteiger partial charge in [0.2, 0.25) is 0 Å². The van der Waals surface area contributed by atoms with E-state index in [0.29, 0.717) is 37.9 Å². The number of carboxylic acid groups (broad SMARTS) is 1. The number of hydrogen-bond acceptors (Lipinski definition) is 4. The summed E-state index contributed by atoms with van der Waals surface area (Å²) in [5, 5.41) is 14.0. The Morgan fingerprint density at radius 1 is 1.25 bits per heavy atom. The topological polar surface area (TPSA) is 87.7 Å². The van der Waals surface area contributed by atoms with Crippen molar-refractivity contribution in [2.75, 3.05) is 31.8 Å². The third-order valence-corrected chi connectivity index (χ3v) is 3.23. The Bertz CT molecular complexity index is 288. The highest BCUT2D eigenvalue weighted by Crippen LogP contribution is 2.01. The van der Waals surface area contributed by atoms with Gasteiger partial charge in [-0.2, -0.15) is 11.8 Å². The molecule has 6 nitrogen and oxygen atoms in total. The van der Waals surface area contributed by atoms with Crippen LogP contribution in [0, 0.1) is 5.92 Å². The van der Waals surface area contributed by atoms with Crippen molar-refractivity contribution in [3.63, 3.8) is 0 Å². The zero-order valence-corrected chi connectivity index (χ0v) is 13.3. The third kappa shape index (κ3) is 10.9. The van der Waals surface area contributed by atoms with Gasteiger partial charge in [0.25, 0.3) is 0 Å². The van der Waals surface area contributed by atoms with Crippen molar-refractivity contribution in [1.82, 2.24) is 10.6 Å². The van der Waals surface area contributed by atoms with Crippen molar-refractivity contribution in [1.29, 1.82) is 0 Å². The summed E-state index contributed by atoms with van der Waals surface area (Å²) in [6.45, 7) is 5.72. The van der Waals surface area contributed by atoms with Gasteiger partial charge in [0.05, 0.1) is 6.61 Å². The fourth-order valence-electron chi connectivity index (χ4n) is 1.36. The average Bonchev–Trinajstić information content (AvgIpc) is 2.37. The highest BCUT2D eigenvalue weighted by molar-refractivity contribution is 7.98. The lowest BCUT2D eigenvalue weighted by atomic mass is 10.1. The first-order chi connectivity index (χ1) is 9.47. The van der Waals surface area contributed by atoms with Crippen molar-refractivity contribution < 1.29 is 19.4 Å². The molecule has 3 N–H and O–H groups in total. The number of carboxylic acids is 1. The number of amides is 2. The normalized spacial score (nSPS) is 12.2. The highest BCUT2D eigenvalue weighted by Gasteiger charge is 2.18. The van der Waals surface area contributed by atoms with Gasteiger partial charge in [-0.05, 0) is 30.8 Å². The predicted octanol–water partition coefficient (Wildman–Crippen LogP) is 1.55. The van der Waals surface area contributed by atoms with Crippen LogP contribution in [0.25, 0.3) is 0 Å². The van der Waals surface area contributed by atoms with Crippen LogP contribution in [0.1, 0.15) is 26.7 Å². The summed E-state index contributed by atoms with van der Waals surface area (Å²) in [6, 6.07) is -1.31. The second-order valence-corrected chi connectivity index (χ2v) is 5.85. The Morgan fingerprint density at radius 3 is 2.50 bits per heavy atom. The molecule has 0 radical (unpaired) electrons. The van der Waals surface area contributed by atoms with Gasteiger partial charge in [-0.25, -0.2) is 9.59 Å². The van der Waals surface area contributed by atoms with Crippen LogP contribution >= 0.6 is 11.8 Å². The molecule has 0 aliphatic heterocycles. The van der Waals surface area contributed by atoms with E-state index in [1.807, 2.05) is 6.26 Å². The number of aliphatic carboxylic acids is 1. The first kappa shape index (κ1) is 19.1. The van der Waals surface area contributed by atoms with Gasteiger partial charge in [0.1, 0.15) is 6.04 Å². The fourth-order valence-corrected chi connectivity index (χ4v) is 1.83. The number of rotatable bonds is 11. The Balaban J connectivity index is 3.71. The van der Waals surface area contributed by atoms with E-state index in [9.17, 15) is 9.59 Å². The van der Waals surface area contributed by atoms with Crippen molar-refractivity contribution in [3.8, 4) is 0 Å². The predicted molar refractivity (Wildman–Crippen MR) is 81.2 cm³/mol. The third-order valence-electron chi connectivity index (χ3n) is 2.59. The van der Waals surface area contributed by atoms with E-state index in [1.54, 1.807) is 11.8 Å². The summed E-state index contributed by atoms with van der Waals surface area (Å²) < 4.78 is 5.35. The molecule has 2 amide bonds. The largest absolute Gasteiger partial charge is 0.480 e. The number of hydrogen-bond donors (Lipinski definition) is 3. The van der Waals surface area contributed by atoms with E-state index < -0.39 is 18.0 Å². The number of ether oxygens (including phenoxy) is 1. The van der Waals surface area contributed by atoms with E-state index in [1.165, 1.54) is 0 Å². The van der Waals surface area contributed by atoms with Gasteiger partial charge >= 0.3 is 12.0 Å². The summed E-state index contributed by atoms with van der Waals surface area (Å²) in [4.78, 5) is 22.5. The molecule has 0 spiro atoms. The molecule has 0 aliphatic rings. The van der Waals surface area contributed by atoms with Gasteiger partial charge in [-0.1, -0.05) is 13.8 Å². The lowest BCUT2D eigenvalue weighted by Crippen LogP contribution is -2.47. The van der Waals surface area contributed by atoms with E-state index in [-0.39, 0.29) is 0 Å². The zero-order valence-electron chi connectivity index (χ0n) is 12.5. The Kier molecular flexibility index (Phi) is 11.3. The van der Waals surface area contributed by atoms with E-state index in [0.717, 1.165) is 6.42 Å². The first-order valence-electron chi connectivity index (χ1n) is 6.81. The second kappa shape index (κ2) is 11.8. The van der Waals surface area contributed by atoms with E-state index in [4.69, 9.17) is 9.84 Å². The zero-order chi connectivity index (χ0) is 15.4. The molecular weight excluding hydrogens is 280 g/mol. The highest BCUT2D eigenvalue weighted by atomic mass is 32.2. The standard InChI is InChI=1S/C13H26N2O4S/c1-10(2)4-7-19-8-6-14-13(18)15-11(12(16)17)5-9-20-3/h10-11H,4-9H2,1-3H3,(H,16,17)(H2,14,15,18)/t11-/m1/s1. The second-order valence-electron chi connectivity index (χ2n) is 4.87. The Hall–Kier alpha value is -0.950. The summed E-state index contributed by atoms with van der Waals surface area (Å²) in [7, 11) is 0. The molecule has 0 unspecified atom stereocenters. The molecule has 0 aliphatic carbocycles. The fraction of sp³-hybridized carbons (Fsp3) is 0.846. The van der Waals surface area contributed by atoms with Crippen LogP contribution < -0.4 is 10.6 Å². The molecule has 0 saturated carbocycles. The average molecular weight is 306 g/mol. The SMILES string of the molecule is CSCC[C@@H](NC(=O)NCCOCCC(C)C)C(=O)O. The number of carbonyl (C=O) groups is 2. The summed E-state index contributed by atoms with van der Waals surface area (Å²) >= 11 is 1.55. The molecule has 1 atom stereocenters. The maximum absolute atomic E-state index is 11.5. The molecule has 118 valence electrons. The molecule has 0 fully saturated rings. The minimum atomic E-state index is -1.01. The minimum absolute atomic E-state index is 0.374. The van der Waals surface area contributed by atoms with Crippen molar-refractivity contribution >= 4 is 23.8 Å². The number of urea groups is 1. The lowest BCUT2D eigenvalue weighted by Gasteiger charge is -2.14. The van der Waals surface area contributed by atoms with Crippen LogP contribution in [0.2, 0.25) is 0 Å². The molecule has 0 heterocycles. The van der Waals surface area contributed by atoms with Gasteiger partial charge in [-0.3, -0.25) is 0 Å². The molecular formula is C13H26N2O4S. The summed E-state index contributed by atoms with van der Waals surface area (Å²) in [5.41, 5.74) is 0. The maximum Gasteiger partial charge on any atom is 0.326 e. The van der Waals surface area contributed by atoms with Crippen LogP contribution in [0.5, 0.6) is 0 Å². The monoisotopic (exact) mass is 306 g/mol. The van der Waals surface area contributed by atoms with E-state index in [2.05, 4.69) is 24.5 Å². The minimum Gasteiger partial charge on any atom is -0.480 e. The molecule has 0 aromatic carbocycles. The molecule has 0 aromatic heterocycles. The maximum atomic E-state index is 11.5. The summed E-state index contributed by atoms with van der Waals surface area (Å²) in [6.07, 6.45) is 3.30. The Labute approximate surface area is 125 Å². The first-order valence-corrected chi connectivity index (χ1v) is 8.20. The summed E-state index contributed by atoms with van der Waals surface area (Å²) in [5.74, 6) is 0.275. The van der Waals surface area contributed by atoms with Gasteiger partial charge in [-0.15, -0.1) is 0 Å². The molecule has 0 bridgehead atoms. The van der Waals surface area contributed by atoms with Crippen LogP contribution in [0.15, 0.2) is 0 Å². The van der Waals surface area contributed by atoms with Crippen LogP contribution in [-0.4, -0.2) is 54.9 Å². The lowest BCUT2D eigenvalue weighted by molar-refractivity contribution is -0.139. The number of thioether (sulfide) groups is 1. The van der Waals surface area contributed by atoms with E-state index >= 15 is 0 Å². The molecule has 20 heavy (non-hydrogen) atoms. The number of nitrogens with one attached hydrogen (secondary N) is 2. The van der Waals surface area contributed by atoms with Gasteiger partial charge in [0.15, 0.2) is 0 Å². The van der Waals surface area contributed by atoms with Crippen molar-refractivity contribution in [3.05, 3.63) is 0 Å². The van der Waals surface area contributed by atoms with Crippen molar-refractivity contribution in [2.45, 2.75) is 32.7 Å². The molecule has 0 rings (SSSR count). The van der Waals surface area contributed by atoms with Gasteiger partial charge in [0, 0.05) is 13.2 Å². The Morgan fingerprint density at radius 2 is 1.95 bits per heavy atom. The molecule has 7 heteroatoms. The van der Waals surface area contributed by atoms with Crippen LogP contribution in [0.4, 0.5) is 4.79 Å². The smallest absolute Gasteiger partial charge is 0.326 e.